The van der Waals surface area contributed by atoms with Crippen LogP contribution in [-0.4, -0.2) is 21.2 Å². The molecular formula is C26H17NO6. The lowest BCUT2D eigenvalue weighted by atomic mass is 10.1. The van der Waals surface area contributed by atoms with Crippen molar-refractivity contribution < 1.29 is 24.2 Å². The van der Waals surface area contributed by atoms with E-state index in [0.29, 0.717) is 11.3 Å². The monoisotopic (exact) mass is 439 g/mol. The number of hydrogen-bond acceptors (Lipinski definition) is 6. The molecule has 0 saturated heterocycles. The van der Waals surface area contributed by atoms with Gasteiger partial charge in [-0.1, -0.05) is 42.5 Å². The smallest absolute Gasteiger partial charge is 0.339 e. The van der Waals surface area contributed by atoms with Gasteiger partial charge in [-0.05, 0) is 36.4 Å². The van der Waals surface area contributed by atoms with E-state index >= 15 is 0 Å². The molecule has 0 radical (unpaired) electrons. The van der Waals surface area contributed by atoms with Crippen LogP contribution in [0.5, 0.6) is 11.5 Å². The first-order valence-corrected chi connectivity index (χ1v) is 10.1. The van der Waals surface area contributed by atoms with Gasteiger partial charge >= 0.3 is 5.97 Å². The quantitative estimate of drug-likeness (QED) is 0.397. The Morgan fingerprint density at radius 1 is 0.970 bits per heavy atom. The summed E-state index contributed by atoms with van der Waals surface area (Å²) in [6.45, 7) is 0.213. The van der Waals surface area contributed by atoms with Gasteiger partial charge in [-0.25, -0.2) is 9.78 Å². The highest BCUT2D eigenvalue weighted by molar-refractivity contribution is 6.01. The molecule has 2 N–H and O–H groups in total. The Bertz CT molecular complexity index is 1590. The first-order chi connectivity index (χ1) is 16.0. The Hall–Kier alpha value is -4.65. The average molecular weight is 439 g/mol. The van der Waals surface area contributed by atoms with Crippen molar-refractivity contribution >= 4 is 27.8 Å². The van der Waals surface area contributed by atoms with Crippen LogP contribution in [-0.2, 0) is 6.61 Å². The highest BCUT2D eigenvalue weighted by atomic mass is 16.5. The number of aromatic hydroxyl groups is 1. The van der Waals surface area contributed by atoms with Crippen molar-refractivity contribution in [2.24, 2.45) is 0 Å². The maximum absolute atomic E-state index is 12.7. The van der Waals surface area contributed by atoms with Crippen LogP contribution >= 0.6 is 0 Å². The van der Waals surface area contributed by atoms with E-state index in [2.05, 4.69) is 4.98 Å². The zero-order chi connectivity index (χ0) is 22.9. The molecule has 2 aromatic heterocycles. The van der Waals surface area contributed by atoms with Gasteiger partial charge in [0, 0.05) is 10.9 Å². The number of carboxylic acid groups (broad SMARTS) is 1. The summed E-state index contributed by atoms with van der Waals surface area (Å²) >= 11 is 0. The number of fused-ring (bicyclic) bond motifs is 2. The molecule has 0 fully saturated rings. The second-order valence-corrected chi connectivity index (χ2v) is 7.41. The van der Waals surface area contributed by atoms with Crippen LogP contribution in [0.15, 0.2) is 88.1 Å². The minimum absolute atomic E-state index is 0.00840. The fourth-order valence-electron chi connectivity index (χ4n) is 3.64. The average Bonchev–Trinajstić information content (AvgIpc) is 2.84. The highest BCUT2D eigenvalue weighted by Crippen LogP contribution is 2.33. The molecule has 0 aliphatic carbocycles. The van der Waals surface area contributed by atoms with Crippen LogP contribution in [0.3, 0.4) is 0 Å². The van der Waals surface area contributed by atoms with Crippen LogP contribution in [0.25, 0.3) is 33.2 Å². The van der Waals surface area contributed by atoms with Gasteiger partial charge in [0.25, 0.3) is 0 Å². The van der Waals surface area contributed by atoms with E-state index in [1.165, 1.54) is 18.2 Å². The van der Waals surface area contributed by atoms with Crippen LogP contribution in [0, 0.1) is 0 Å². The molecule has 0 spiro atoms. The molecular weight excluding hydrogens is 422 g/mol. The summed E-state index contributed by atoms with van der Waals surface area (Å²) in [4.78, 5) is 28.8. The lowest BCUT2D eigenvalue weighted by Crippen LogP contribution is -2.06. The summed E-state index contributed by atoms with van der Waals surface area (Å²) < 4.78 is 11.6. The molecule has 5 rings (SSSR count). The minimum atomic E-state index is -1.24. The summed E-state index contributed by atoms with van der Waals surface area (Å²) in [6.07, 6.45) is 0. The second kappa shape index (κ2) is 8.12. The number of para-hydroxylation sites is 2. The third-order valence-electron chi connectivity index (χ3n) is 5.26. The predicted octanol–water partition coefficient (Wildman–Crippen LogP) is 4.99. The normalized spacial score (nSPS) is 11.0. The molecule has 33 heavy (non-hydrogen) atoms. The van der Waals surface area contributed by atoms with E-state index in [1.807, 2.05) is 36.4 Å². The van der Waals surface area contributed by atoms with Gasteiger partial charge in [-0.3, -0.25) is 4.79 Å². The van der Waals surface area contributed by atoms with Gasteiger partial charge in [0.2, 0.25) is 11.2 Å². The van der Waals surface area contributed by atoms with E-state index in [1.54, 1.807) is 24.3 Å². The van der Waals surface area contributed by atoms with Crippen LogP contribution in [0.2, 0.25) is 0 Å². The number of rotatable bonds is 5. The van der Waals surface area contributed by atoms with E-state index in [4.69, 9.17) is 9.15 Å². The molecule has 7 heteroatoms. The highest BCUT2D eigenvalue weighted by Gasteiger charge is 2.20. The van der Waals surface area contributed by atoms with Crippen molar-refractivity contribution in [2.75, 3.05) is 0 Å². The van der Waals surface area contributed by atoms with E-state index < -0.39 is 17.1 Å². The molecule has 0 bridgehead atoms. The molecule has 7 nitrogen and oxygen atoms in total. The Balaban J connectivity index is 1.49. The molecule has 3 aromatic carbocycles. The number of hydrogen-bond donors (Lipinski definition) is 2. The molecule has 162 valence electrons. The first kappa shape index (κ1) is 20.3. The number of aromatic nitrogens is 1. The van der Waals surface area contributed by atoms with E-state index in [0.717, 1.165) is 16.6 Å². The summed E-state index contributed by atoms with van der Waals surface area (Å²) in [7, 11) is 0. The number of carboxylic acids is 1. The zero-order valence-electron chi connectivity index (χ0n) is 17.2. The summed E-state index contributed by atoms with van der Waals surface area (Å²) in [5.74, 6) is -1.50. The molecule has 0 unspecified atom stereocenters. The largest absolute Gasteiger partial charge is 0.502 e. The van der Waals surface area contributed by atoms with Crippen LogP contribution in [0.4, 0.5) is 0 Å². The Labute approximate surface area is 187 Å². The Morgan fingerprint density at radius 3 is 2.64 bits per heavy atom. The minimum Gasteiger partial charge on any atom is -0.502 e. The van der Waals surface area contributed by atoms with Gasteiger partial charge in [-0.2, -0.15) is 0 Å². The fourth-order valence-corrected chi connectivity index (χ4v) is 3.64. The molecule has 0 aliphatic heterocycles. The third kappa shape index (κ3) is 3.76. The topological polar surface area (TPSA) is 110 Å². The summed E-state index contributed by atoms with van der Waals surface area (Å²) in [5.41, 5.74) is 1.00. The van der Waals surface area contributed by atoms with Gasteiger partial charge in [-0.15, -0.1) is 0 Å². The number of carbonyl (C=O) groups is 1. The predicted molar refractivity (Wildman–Crippen MR) is 123 cm³/mol. The number of ether oxygens (including phenoxy) is 1. The van der Waals surface area contributed by atoms with Crippen molar-refractivity contribution in [3.63, 3.8) is 0 Å². The molecule has 0 saturated carbocycles. The molecule has 0 amide bonds. The third-order valence-corrected chi connectivity index (χ3v) is 5.26. The SMILES string of the molecule is O=C(O)c1cccc2c(=O)c(O)c(-c3cccc(OCc4ccc5ccccc5n4)c3)oc12. The van der Waals surface area contributed by atoms with Crippen molar-refractivity contribution in [1.29, 1.82) is 0 Å². The lowest BCUT2D eigenvalue weighted by molar-refractivity contribution is 0.0697. The van der Waals surface area contributed by atoms with Crippen LogP contribution < -0.4 is 10.2 Å². The number of aromatic carboxylic acids is 1. The Morgan fingerprint density at radius 2 is 1.79 bits per heavy atom. The number of pyridine rings is 1. The first-order valence-electron chi connectivity index (χ1n) is 10.1. The Kier molecular flexibility index (Phi) is 4.99. The number of nitrogens with zero attached hydrogens (tertiary/aromatic N) is 1. The van der Waals surface area contributed by atoms with Crippen LogP contribution in [0.1, 0.15) is 16.1 Å². The number of benzene rings is 3. The molecule has 0 atom stereocenters. The van der Waals surface area contributed by atoms with Gasteiger partial charge < -0.3 is 19.4 Å². The van der Waals surface area contributed by atoms with Crippen molar-refractivity contribution in [3.05, 3.63) is 100 Å². The van der Waals surface area contributed by atoms with Crippen molar-refractivity contribution in [2.45, 2.75) is 6.61 Å². The lowest BCUT2D eigenvalue weighted by Gasteiger charge is -2.10. The van der Waals surface area contributed by atoms with Gasteiger partial charge in [0.05, 0.1) is 16.6 Å². The van der Waals surface area contributed by atoms with Crippen molar-refractivity contribution in [1.82, 2.24) is 4.98 Å². The summed E-state index contributed by atoms with van der Waals surface area (Å²) in [5, 5.41) is 20.9. The van der Waals surface area contributed by atoms with E-state index in [9.17, 15) is 19.8 Å². The zero-order valence-corrected chi connectivity index (χ0v) is 17.2. The molecule has 5 aromatic rings. The maximum atomic E-state index is 12.7. The standard InChI is InChI=1S/C26H17NO6/c28-22-19-8-4-9-20(26(30)31)25(19)33-24(23(22)29)16-6-3-7-18(13-16)32-14-17-12-11-15-5-1-2-10-21(15)27-17/h1-13,29H,14H2,(H,30,31). The fraction of sp³-hybridized carbons (Fsp3) is 0.0385. The van der Waals surface area contributed by atoms with E-state index in [-0.39, 0.29) is 28.9 Å². The molecule has 2 heterocycles. The van der Waals surface area contributed by atoms with Gasteiger partial charge in [0.15, 0.2) is 11.3 Å². The summed E-state index contributed by atoms with van der Waals surface area (Å²) in [6, 6.07) is 22.5. The molecule has 0 aliphatic rings. The maximum Gasteiger partial charge on any atom is 0.339 e. The van der Waals surface area contributed by atoms with Gasteiger partial charge in [0.1, 0.15) is 17.9 Å². The van der Waals surface area contributed by atoms with Crippen molar-refractivity contribution in [3.8, 4) is 22.8 Å². The second-order valence-electron chi connectivity index (χ2n) is 7.41.